The molecular formula is C15H19NO3. The van der Waals surface area contributed by atoms with Gasteiger partial charge in [0.1, 0.15) is 6.61 Å². The number of cyclic esters (lactones) is 1. The van der Waals surface area contributed by atoms with Crippen LogP contribution in [-0.4, -0.2) is 35.6 Å². The first-order chi connectivity index (χ1) is 9.16. The molecule has 3 rings (SSSR count). The number of nitrogens with zero attached hydrogens (tertiary/aromatic N) is 1. The Morgan fingerprint density at radius 2 is 2.11 bits per heavy atom. The van der Waals surface area contributed by atoms with Crippen molar-refractivity contribution >= 4 is 5.97 Å². The summed E-state index contributed by atoms with van der Waals surface area (Å²) in [5.41, 5.74) is 3.50. The molecule has 1 aromatic carbocycles. The summed E-state index contributed by atoms with van der Waals surface area (Å²) in [6, 6.07) is 3.64. The van der Waals surface area contributed by atoms with Crippen LogP contribution >= 0.6 is 0 Å². The lowest BCUT2D eigenvalue weighted by Crippen LogP contribution is -2.26. The van der Waals surface area contributed by atoms with Crippen LogP contribution in [0.3, 0.4) is 0 Å². The van der Waals surface area contributed by atoms with E-state index >= 15 is 0 Å². The van der Waals surface area contributed by atoms with Crippen LogP contribution in [0.25, 0.3) is 0 Å². The number of hydrogen-bond donors (Lipinski definition) is 1. The summed E-state index contributed by atoms with van der Waals surface area (Å²) in [7, 11) is 0. The van der Waals surface area contributed by atoms with E-state index in [9.17, 15) is 9.90 Å². The van der Waals surface area contributed by atoms with Crippen LogP contribution in [0.15, 0.2) is 12.1 Å². The predicted molar refractivity (Wildman–Crippen MR) is 70.9 cm³/mol. The average Bonchev–Trinajstić information content (AvgIpc) is 3.01. The molecule has 19 heavy (non-hydrogen) atoms. The number of ether oxygens (including phenoxy) is 1. The maximum Gasteiger partial charge on any atom is 0.338 e. The van der Waals surface area contributed by atoms with Crippen molar-refractivity contribution in [3.63, 3.8) is 0 Å². The van der Waals surface area contributed by atoms with Crippen molar-refractivity contribution in [1.29, 1.82) is 0 Å². The fourth-order valence-corrected chi connectivity index (χ4v) is 3.04. The number of carbonyl (C=O) groups is 1. The molecule has 0 radical (unpaired) electrons. The largest absolute Gasteiger partial charge is 0.457 e. The van der Waals surface area contributed by atoms with Gasteiger partial charge in [0, 0.05) is 12.1 Å². The highest BCUT2D eigenvalue weighted by Gasteiger charge is 2.26. The number of β-amino-alcohol motifs (C(OH)–C–C–N with tert-alkyl or cyclic N) is 1. The van der Waals surface area contributed by atoms with E-state index in [0.717, 1.165) is 29.8 Å². The van der Waals surface area contributed by atoms with Crippen LogP contribution in [0, 0.1) is 6.92 Å². The molecule has 4 nitrogen and oxygen atoms in total. The van der Waals surface area contributed by atoms with Gasteiger partial charge in [-0.15, -0.1) is 0 Å². The molecule has 0 saturated carbocycles. The molecule has 1 aromatic rings. The molecular weight excluding hydrogens is 242 g/mol. The van der Waals surface area contributed by atoms with E-state index in [-0.39, 0.29) is 5.97 Å². The molecule has 1 unspecified atom stereocenters. The number of hydrogen-bond acceptors (Lipinski definition) is 4. The van der Waals surface area contributed by atoms with E-state index in [4.69, 9.17) is 4.74 Å². The van der Waals surface area contributed by atoms with Crippen LogP contribution in [0.1, 0.15) is 46.0 Å². The zero-order chi connectivity index (χ0) is 13.4. The van der Waals surface area contributed by atoms with Crippen molar-refractivity contribution in [2.75, 3.05) is 19.6 Å². The summed E-state index contributed by atoms with van der Waals surface area (Å²) < 4.78 is 5.04. The van der Waals surface area contributed by atoms with Crippen LogP contribution in [0.5, 0.6) is 0 Å². The monoisotopic (exact) mass is 261 g/mol. The lowest BCUT2D eigenvalue weighted by molar-refractivity contribution is 0.0535. The van der Waals surface area contributed by atoms with Gasteiger partial charge in [0.2, 0.25) is 0 Å². The van der Waals surface area contributed by atoms with E-state index in [0.29, 0.717) is 18.7 Å². The number of rotatable bonds is 3. The van der Waals surface area contributed by atoms with Gasteiger partial charge >= 0.3 is 5.97 Å². The summed E-state index contributed by atoms with van der Waals surface area (Å²) >= 11 is 0. The Labute approximate surface area is 113 Å². The van der Waals surface area contributed by atoms with Gasteiger partial charge in [0.25, 0.3) is 0 Å². The van der Waals surface area contributed by atoms with Gasteiger partial charge in [0.05, 0.1) is 11.7 Å². The lowest BCUT2D eigenvalue weighted by Gasteiger charge is -2.21. The Morgan fingerprint density at radius 1 is 1.37 bits per heavy atom. The molecule has 1 fully saturated rings. The third kappa shape index (κ3) is 2.26. The summed E-state index contributed by atoms with van der Waals surface area (Å²) in [5.74, 6) is -0.251. The Hall–Kier alpha value is -1.39. The highest BCUT2D eigenvalue weighted by molar-refractivity contribution is 5.93. The second kappa shape index (κ2) is 4.94. The molecule has 102 valence electrons. The molecule has 4 heteroatoms. The lowest BCUT2D eigenvalue weighted by atomic mass is 9.95. The van der Waals surface area contributed by atoms with Gasteiger partial charge in [-0.25, -0.2) is 4.79 Å². The molecule has 0 aromatic heterocycles. The summed E-state index contributed by atoms with van der Waals surface area (Å²) in [6.07, 6.45) is 1.95. The maximum absolute atomic E-state index is 11.5. The van der Waals surface area contributed by atoms with Crippen LogP contribution < -0.4 is 0 Å². The van der Waals surface area contributed by atoms with Crippen molar-refractivity contribution < 1.29 is 14.6 Å². The standard InChI is InChI=1S/C15H19NO3/c1-10-11(14(17)8-16-6-2-3-7-16)4-5-12-13(10)9-19-15(12)18/h4-5,14,17H,2-3,6-9H2,1H3. The Bertz CT molecular complexity index is 506. The second-order valence-corrected chi connectivity index (χ2v) is 5.41. The molecule has 2 aliphatic rings. The second-order valence-electron chi connectivity index (χ2n) is 5.41. The van der Waals surface area contributed by atoms with E-state index < -0.39 is 6.10 Å². The zero-order valence-corrected chi connectivity index (χ0v) is 11.2. The van der Waals surface area contributed by atoms with Crippen molar-refractivity contribution in [1.82, 2.24) is 4.90 Å². The van der Waals surface area contributed by atoms with Gasteiger partial charge in [-0.1, -0.05) is 6.07 Å². The number of esters is 1. The fourth-order valence-electron chi connectivity index (χ4n) is 3.04. The van der Waals surface area contributed by atoms with Gasteiger partial charge in [-0.3, -0.25) is 0 Å². The van der Waals surface area contributed by atoms with Crippen LogP contribution in [-0.2, 0) is 11.3 Å². The van der Waals surface area contributed by atoms with Crippen molar-refractivity contribution in [2.45, 2.75) is 32.5 Å². The summed E-state index contributed by atoms with van der Waals surface area (Å²) in [5, 5.41) is 10.4. The minimum Gasteiger partial charge on any atom is -0.457 e. The van der Waals surface area contributed by atoms with Gasteiger partial charge in [-0.2, -0.15) is 0 Å². The minimum absolute atomic E-state index is 0.251. The van der Waals surface area contributed by atoms with Crippen LogP contribution in [0.4, 0.5) is 0 Å². The quantitative estimate of drug-likeness (QED) is 0.843. The normalized spacial score (nSPS) is 20.4. The maximum atomic E-state index is 11.5. The number of aliphatic hydroxyl groups is 1. The molecule has 2 aliphatic heterocycles. The van der Waals surface area contributed by atoms with Crippen molar-refractivity contribution in [3.05, 3.63) is 34.4 Å². The van der Waals surface area contributed by atoms with E-state index in [1.807, 2.05) is 13.0 Å². The molecule has 0 aliphatic carbocycles. The van der Waals surface area contributed by atoms with Crippen molar-refractivity contribution in [2.24, 2.45) is 0 Å². The van der Waals surface area contributed by atoms with Gasteiger partial charge < -0.3 is 14.7 Å². The van der Waals surface area contributed by atoms with E-state index in [2.05, 4.69) is 4.90 Å². The van der Waals surface area contributed by atoms with Gasteiger partial charge in [-0.05, 0) is 50.0 Å². The third-order valence-electron chi connectivity index (χ3n) is 4.20. The minimum atomic E-state index is -0.487. The zero-order valence-electron chi connectivity index (χ0n) is 11.2. The molecule has 1 saturated heterocycles. The highest BCUT2D eigenvalue weighted by atomic mass is 16.5. The highest BCUT2D eigenvalue weighted by Crippen LogP contribution is 2.29. The molecule has 1 N–H and O–H groups in total. The molecule has 0 bridgehead atoms. The predicted octanol–water partition coefficient (Wildman–Crippen LogP) is 1.79. The van der Waals surface area contributed by atoms with Gasteiger partial charge in [0.15, 0.2) is 0 Å². The Morgan fingerprint density at radius 3 is 2.84 bits per heavy atom. The first-order valence-corrected chi connectivity index (χ1v) is 6.86. The summed E-state index contributed by atoms with van der Waals surface area (Å²) in [4.78, 5) is 13.8. The molecule has 1 atom stereocenters. The van der Waals surface area contributed by atoms with Crippen LogP contribution in [0.2, 0.25) is 0 Å². The SMILES string of the molecule is Cc1c(C(O)CN2CCCC2)ccc2c1COC2=O. The third-order valence-corrected chi connectivity index (χ3v) is 4.20. The average molecular weight is 261 g/mol. The van der Waals surface area contributed by atoms with E-state index in [1.165, 1.54) is 12.8 Å². The van der Waals surface area contributed by atoms with Crippen molar-refractivity contribution in [3.8, 4) is 0 Å². The Kier molecular flexibility index (Phi) is 3.29. The summed E-state index contributed by atoms with van der Waals surface area (Å²) in [6.45, 7) is 5.12. The molecule has 0 amide bonds. The number of fused-ring (bicyclic) bond motifs is 1. The smallest absolute Gasteiger partial charge is 0.338 e. The fraction of sp³-hybridized carbons (Fsp3) is 0.533. The van der Waals surface area contributed by atoms with E-state index in [1.54, 1.807) is 6.07 Å². The molecule has 2 heterocycles. The number of aliphatic hydroxyl groups excluding tert-OH is 1. The first kappa shape index (κ1) is 12.6. The number of carbonyl (C=O) groups excluding carboxylic acids is 1. The first-order valence-electron chi connectivity index (χ1n) is 6.86. The number of benzene rings is 1. The molecule has 0 spiro atoms. The topological polar surface area (TPSA) is 49.8 Å². The Balaban J connectivity index is 1.82. The number of likely N-dealkylation sites (tertiary alicyclic amines) is 1.